The van der Waals surface area contributed by atoms with Crippen LogP contribution in [0.2, 0.25) is 10.0 Å². The molecule has 0 saturated heterocycles. The third-order valence-electron chi connectivity index (χ3n) is 7.36. The van der Waals surface area contributed by atoms with Crippen molar-refractivity contribution in [2.75, 3.05) is 6.54 Å². The molecule has 37 heavy (non-hydrogen) atoms. The van der Waals surface area contributed by atoms with Gasteiger partial charge in [-0.05, 0) is 73.4 Å². The van der Waals surface area contributed by atoms with Crippen molar-refractivity contribution in [1.82, 2.24) is 10.2 Å². The van der Waals surface area contributed by atoms with E-state index in [-0.39, 0.29) is 24.8 Å². The van der Waals surface area contributed by atoms with Crippen molar-refractivity contribution in [3.8, 4) is 0 Å². The standard InChI is InChI=1S/C28H31Cl2N3O4/c1-17(2)19-7-10-28(11-8-19)32-25(21-13-22(29)15-23(30)14-21)27(37)33(28)16-18-3-5-20(6-4-18)26(36)31-12-9-24(34)35/h3-6,13-15,17,19H,7-12,16H2,1-2H3,(H,31,36)(H,34,35). The van der Waals surface area contributed by atoms with E-state index in [4.69, 9.17) is 33.3 Å². The molecule has 7 nitrogen and oxygen atoms in total. The van der Waals surface area contributed by atoms with E-state index in [2.05, 4.69) is 19.2 Å². The molecule has 0 bridgehead atoms. The summed E-state index contributed by atoms with van der Waals surface area (Å²) in [6.45, 7) is 4.89. The van der Waals surface area contributed by atoms with Crippen LogP contribution in [0.5, 0.6) is 0 Å². The molecule has 196 valence electrons. The molecule has 2 aliphatic rings. The number of aliphatic imine (C=N–C) groups is 1. The van der Waals surface area contributed by atoms with Gasteiger partial charge in [0.1, 0.15) is 11.4 Å². The molecule has 2 aromatic carbocycles. The van der Waals surface area contributed by atoms with Crippen LogP contribution in [0.15, 0.2) is 47.5 Å². The molecule has 0 radical (unpaired) electrons. The zero-order valence-electron chi connectivity index (χ0n) is 21.0. The van der Waals surface area contributed by atoms with Crippen LogP contribution < -0.4 is 5.32 Å². The van der Waals surface area contributed by atoms with E-state index in [0.29, 0.717) is 45.3 Å². The van der Waals surface area contributed by atoms with Gasteiger partial charge in [0, 0.05) is 34.3 Å². The van der Waals surface area contributed by atoms with Crippen LogP contribution in [0.3, 0.4) is 0 Å². The maximum atomic E-state index is 13.8. The molecule has 9 heteroatoms. The number of carbonyl (C=O) groups is 3. The Bertz CT molecular complexity index is 1200. The van der Waals surface area contributed by atoms with E-state index in [1.54, 1.807) is 30.3 Å². The van der Waals surface area contributed by atoms with E-state index >= 15 is 0 Å². The fraction of sp³-hybridized carbons (Fsp3) is 0.429. The molecule has 0 unspecified atom stereocenters. The highest BCUT2D eigenvalue weighted by atomic mass is 35.5. The van der Waals surface area contributed by atoms with Crippen LogP contribution in [-0.4, -0.2) is 45.7 Å². The first-order valence-electron chi connectivity index (χ1n) is 12.6. The van der Waals surface area contributed by atoms with E-state index in [1.807, 2.05) is 17.0 Å². The predicted molar refractivity (Wildman–Crippen MR) is 144 cm³/mol. The number of carbonyl (C=O) groups excluding carboxylic acids is 2. The lowest BCUT2D eigenvalue weighted by Gasteiger charge is -2.42. The molecule has 4 rings (SSSR count). The van der Waals surface area contributed by atoms with Crippen molar-refractivity contribution in [3.63, 3.8) is 0 Å². The summed E-state index contributed by atoms with van der Waals surface area (Å²) < 4.78 is 0. The fourth-order valence-electron chi connectivity index (χ4n) is 5.21. The third-order valence-corrected chi connectivity index (χ3v) is 7.80. The number of aliphatic carboxylic acids is 1. The largest absolute Gasteiger partial charge is 0.481 e. The van der Waals surface area contributed by atoms with Crippen LogP contribution in [0.25, 0.3) is 0 Å². The van der Waals surface area contributed by atoms with Crippen LogP contribution in [0, 0.1) is 11.8 Å². The molecule has 2 N–H and O–H groups in total. The van der Waals surface area contributed by atoms with Crippen molar-refractivity contribution in [2.45, 2.75) is 58.2 Å². The van der Waals surface area contributed by atoms with E-state index in [9.17, 15) is 14.4 Å². The Hall–Kier alpha value is -2.90. The number of hydrogen-bond donors (Lipinski definition) is 2. The van der Waals surface area contributed by atoms with Crippen molar-refractivity contribution < 1.29 is 19.5 Å². The van der Waals surface area contributed by atoms with E-state index in [0.717, 1.165) is 31.2 Å². The molecule has 1 saturated carbocycles. The number of halogens is 2. The zero-order valence-corrected chi connectivity index (χ0v) is 22.5. The Morgan fingerprint density at radius 3 is 2.30 bits per heavy atom. The normalized spacial score (nSPS) is 21.4. The molecular weight excluding hydrogens is 513 g/mol. The second-order valence-electron chi connectivity index (χ2n) is 10.2. The third kappa shape index (κ3) is 6.16. The molecular formula is C28H31Cl2N3O4. The van der Waals surface area contributed by atoms with Gasteiger partial charge in [0.15, 0.2) is 0 Å². The molecule has 1 fully saturated rings. The summed E-state index contributed by atoms with van der Waals surface area (Å²) in [5.74, 6) is -0.286. The van der Waals surface area contributed by atoms with Crippen molar-refractivity contribution in [1.29, 1.82) is 0 Å². The highest BCUT2D eigenvalue weighted by Crippen LogP contribution is 2.44. The first-order chi connectivity index (χ1) is 17.6. The SMILES string of the molecule is CC(C)C1CCC2(CC1)N=C(c1cc(Cl)cc(Cl)c1)C(=O)N2Cc1ccc(C(=O)NCCC(=O)O)cc1. The molecule has 1 spiro atoms. The van der Waals surface area contributed by atoms with Crippen LogP contribution in [0.4, 0.5) is 0 Å². The van der Waals surface area contributed by atoms with E-state index in [1.165, 1.54) is 0 Å². The summed E-state index contributed by atoms with van der Waals surface area (Å²) in [6.07, 6.45) is 3.40. The Morgan fingerprint density at radius 1 is 1.11 bits per heavy atom. The number of carboxylic acid groups (broad SMARTS) is 1. The van der Waals surface area contributed by atoms with Crippen LogP contribution in [-0.2, 0) is 16.1 Å². The van der Waals surface area contributed by atoms with Gasteiger partial charge in [-0.2, -0.15) is 0 Å². The van der Waals surface area contributed by atoms with Gasteiger partial charge < -0.3 is 15.3 Å². The van der Waals surface area contributed by atoms with Gasteiger partial charge in [0.25, 0.3) is 11.8 Å². The number of nitrogens with one attached hydrogen (secondary N) is 1. The molecule has 2 amide bonds. The number of nitrogens with zero attached hydrogens (tertiary/aromatic N) is 2. The van der Waals surface area contributed by atoms with Gasteiger partial charge in [-0.25, -0.2) is 0 Å². The minimum atomic E-state index is -0.969. The highest BCUT2D eigenvalue weighted by Gasteiger charge is 2.49. The molecule has 0 atom stereocenters. The average molecular weight is 544 g/mol. The second kappa shape index (κ2) is 11.2. The summed E-state index contributed by atoms with van der Waals surface area (Å²) in [5.41, 5.74) is 1.67. The highest BCUT2D eigenvalue weighted by molar-refractivity contribution is 6.47. The minimum absolute atomic E-state index is 0.0612. The van der Waals surface area contributed by atoms with Crippen LogP contribution >= 0.6 is 23.2 Å². The second-order valence-corrected chi connectivity index (χ2v) is 11.0. The minimum Gasteiger partial charge on any atom is -0.481 e. The summed E-state index contributed by atoms with van der Waals surface area (Å²) in [4.78, 5) is 43.6. The quantitative estimate of drug-likeness (QED) is 0.454. The number of hydrogen-bond acceptors (Lipinski definition) is 4. The topological polar surface area (TPSA) is 99.1 Å². The lowest BCUT2D eigenvalue weighted by atomic mass is 9.76. The summed E-state index contributed by atoms with van der Waals surface area (Å²) in [6, 6.07) is 12.1. The molecule has 1 aliphatic heterocycles. The summed E-state index contributed by atoms with van der Waals surface area (Å²) >= 11 is 12.5. The van der Waals surface area contributed by atoms with Gasteiger partial charge in [0.05, 0.1) is 6.42 Å². The lowest BCUT2D eigenvalue weighted by molar-refractivity contribution is -0.136. The number of benzene rings is 2. The Balaban J connectivity index is 1.57. The Kier molecular flexibility index (Phi) is 8.24. The first-order valence-corrected chi connectivity index (χ1v) is 13.3. The van der Waals surface area contributed by atoms with Gasteiger partial charge in [-0.1, -0.05) is 49.2 Å². The molecule has 0 aromatic heterocycles. The summed E-state index contributed by atoms with van der Waals surface area (Å²) in [5, 5.41) is 12.2. The smallest absolute Gasteiger partial charge is 0.305 e. The van der Waals surface area contributed by atoms with Crippen molar-refractivity contribution in [2.24, 2.45) is 16.8 Å². The number of rotatable bonds is 8. The number of amides is 2. The maximum absolute atomic E-state index is 13.8. The van der Waals surface area contributed by atoms with Gasteiger partial charge in [-0.15, -0.1) is 0 Å². The molecule has 1 heterocycles. The summed E-state index contributed by atoms with van der Waals surface area (Å²) in [7, 11) is 0. The van der Waals surface area contributed by atoms with Crippen LogP contribution in [0.1, 0.15) is 67.4 Å². The maximum Gasteiger partial charge on any atom is 0.305 e. The van der Waals surface area contributed by atoms with Gasteiger partial charge in [-0.3, -0.25) is 19.4 Å². The first kappa shape index (κ1) is 27.1. The molecule has 1 aliphatic carbocycles. The zero-order chi connectivity index (χ0) is 26.7. The van der Waals surface area contributed by atoms with Crippen molar-refractivity contribution >= 4 is 46.7 Å². The Morgan fingerprint density at radius 2 is 1.73 bits per heavy atom. The van der Waals surface area contributed by atoms with Crippen molar-refractivity contribution in [3.05, 3.63) is 69.2 Å². The fourth-order valence-corrected chi connectivity index (χ4v) is 5.74. The van der Waals surface area contributed by atoms with Gasteiger partial charge in [0.2, 0.25) is 0 Å². The van der Waals surface area contributed by atoms with E-state index < -0.39 is 11.6 Å². The lowest BCUT2D eigenvalue weighted by Crippen LogP contribution is -2.48. The van der Waals surface area contributed by atoms with Gasteiger partial charge >= 0.3 is 5.97 Å². The number of carboxylic acids is 1. The Labute approximate surface area is 226 Å². The monoisotopic (exact) mass is 543 g/mol. The predicted octanol–water partition coefficient (Wildman–Crippen LogP) is 5.57. The molecule has 2 aromatic rings. The average Bonchev–Trinajstić information content (AvgIpc) is 3.10.